The molecule has 1 aliphatic rings. The maximum absolute atomic E-state index is 11.8. The summed E-state index contributed by atoms with van der Waals surface area (Å²) in [5.41, 5.74) is 0.332. The van der Waals surface area contributed by atoms with Crippen LogP contribution in [0.1, 0.15) is 25.8 Å². The molecule has 1 aromatic rings. The second-order valence-electron chi connectivity index (χ2n) is 7.74. The van der Waals surface area contributed by atoms with E-state index in [0.29, 0.717) is 24.5 Å². The summed E-state index contributed by atoms with van der Waals surface area (Å²) in [6.45, 7) is 4.08. The number of benzene rings is 1. The van der Waals surface area contributed by atoms with Gasteiger partial charge < -0.3 is 29.9 Å². The van der Waals surface area contributed by atoms with Gasteiger partial charge in [0.2, 0.25) is 0 Å². The highest BCUT2D eigenvalue weighted by atomic mass is 32.2. The lowest BCUT2D eigenvalue weighted by atomic mass is 9.98. The number of carbonyl (C=O) groups is 1. The minimum absolute atomic E-state index is 0.303. The number of hydrogen-bond donors (Lipinski definition) is 4. The molecule has 1 aromatic carbocycles. The summed E-state index contributed by atoms with van der Waals surface area (Å²) >= 11 is 1.49. The van der Waals surface area contributed by atoms with Crippen molar-refractivity contribution in [2.45, 2.75) is 63.1 Å². The second-order valence-corrected chi connectivity index (χ2v) is 8.89. The van der Waals surface area contributed by atoms with Gasteiger partial charge in [-0.05, 0) is 31.6 Å². The number of nitrogens with zero attached hydrogens (tertiary/aromatic N) is 1. The van der Waals surface area contributed by atoms with Crippen molar-refractivity contribution >= 4 is 17.9 Å². The average Bonchev–Trinajstić information content (AvgIpc) is 2.69. The second kappa shape index (κ2) is 10.6. The Bertz CT molecular complexity index is 643. The maximum atomic E-state index is 11.8. The Morgan fingerprint density at radius 3 is 2.41 bits per heavy atom. The van der Waals surface area contributed by atoms with Gasteiger partial charge in [-0.15, -0.1) is 0 Å². The van der Waals surface area contributed by atoms with E-state index >= 15 is 0 Å². The number of amides is 1. The number of thioether (sulfide) groups is 1. The van der Waals surface area contributed by atoms with Crippen LogP contribution in [-0.2, 0) is 16.0 Å². The molecule has 1 saturated heterocycles. The number of carboxylic acid groups (broad SMARTS) is 1. The fourth-order valence-electron chi connectivity index (χ4n) is 3.21. The van der Waals surface area contributed by atoms with Crippen LogP contribution in [0.15, 0.2) is 30.3 Å². The van der Waals surface area contributed by atoms with Crippen molar-refractivity contribution in [2.24, 2.45) is 0 Å². The quantitative estimate of drug-likeness (QED) is 0.436. The van der Waals surface area contributed by atoms with E-state index in [-0.39, 0.29) is 0 Å². The summed E-state index contributed by atoms with van der Waals surface area (Å²) < 4.78 is 10.5. The smallest absolute Gasteiger partial charge is 0.408 e. The lowest BCUT2D eigenvalue weighted by molar-refractivity contribution is -0.284. The highest BCUT2D eigenvalue weighted by Gasteiger charge is 2.43. The van der Waals surface area contributed by atoms with Gasteiger partial charge in [0.1, 0.15) is 18.3 Å². The number of ether oxygens (including phenoxy) is 2. The van der Waals surface area contributed by atoms with E-state index in [0.717, 1.165) is 5.56 Å². The van der Waals surface area contributed by atoms with E-state index in [1.165, 1.54) is 23.8 Å². The number of aliphatic hydroxyl groups is 3. The lowest BCUT2D eigenvalue weighted by Gasteiger charge is -2.40. The van der Waals surface area contributed by atoms with Crippen LogP contribution >= 0.6 is 11.8 Å². The van der Waals surface area contributed by atoms with Crippen molar-refractivity contribution in [2.75, 3.05) is 18.6 Å². The molecule has 0 unspecified atom stereocenters. The normalized spacial score (nSPS) is 27.6. The van der Waals surface area contributed by atoms with E-state index in [4.69, 9.17) is 9.47 Å². The molecule has 0 bridgehead atoms. The van der Waals surface area contributed by atoms with E-state index < -0.39 is 42.3 Å². The number of rotatable bonds is 9. The zero-order chi connectivity index (χ0) is 21.6. The highest BCUT2D eigenvalue weighted by molar-refractivity contribution is 7.99. The van der Waals surface area contributed by atoms with Crippen molar-refractivity contribution in [1.82, 2.24) is 4.90 Å². The number of aliphatic hydroxyl groups excluding tert-OH is 3. The van der Waals surface area contributed by atoms with Gasteiger partial charge in [-0.1, -0.05) is 30.3 Å². The third kappa shape index (κ3) is 6.31. The molecular formula is C20H31NO7S. The molecule has 4 N–H and O–H groups in total. The first kappa shape index (κ1) is 23.9. The van der Waals surface area contributed by atoms with Crippen molar-refractivity contribution in [3.05, 3.63) is 35.9 Å². The van der Waals surface area contributed by atoms with Gasteiger partial charge in [-0.2, -0.15) is 11.8 Å². The van der Waals surface area contributed by atoms with Crippen molar-refractivity contribution < 1.29 is 34.7 Å². The van der Waals surface area contributed by atoms with Crippen LogP contribution in [-0.4, -0.2) is 86.3 Å². The monoisotopic (exact) mass is 429 g/mol. The molecule has 0 aromatic heterocycles. The minimum atomic E-state index is -1.34. The zero-order valence-corrected chi connectivity index (χ0v) is 17.8. The molecule has 8 nitrogen and oxygen atoms in total. The largest absolute Gasteiger partial charge is 0.465 e. The van der Waals surface area contributed by atoms with Crippen LogP contribution < -0.4 is 0 Å². The third-order valence-electron chi connectivity index (χ3n) is 5.19. The Morgan fingerprint density at radius 2 is 1.83 bits per heavy atom. The van der Waals surface area contributed by atoms with Crippen molar-refractivity contribution in [3.63, 3.8) is 0 Å². The summed E-state index contributed by atoms with van der Waals surface area (Å²) in [4.78, 5) is 13.2. The van der Waals surface area contributed by atoms with Crippen LogP contribution in [0.4, 0.5) is 4.79 Å². The van der Waals surface area contributed by atoms with Gasteiger partial charge >= 0.3 is 6.09 Å². The Morgan fingerprint density at radius 1 is 1.17 bits per heavy atom. The van der Waals surface area contributed by atoms with Gasteiger partial charge in [0, 0.05) is 24.9 Å². The molecule has 1 fully saturated rings. The first-order valence-electron chi connectivity index (χ1n) is 9.52. The number of hydrogen-bond acceptors (Lipinski definition) is 7. The number of methoxy groups -OCH3 is 1. The molecule has 164 valence electrons. The first-order chi connectivity index (χ1) is 13.7. The molecule has 1 heterocycles. The Balaban J connectivity index is 1.88. The topological polar surface area (TPSA) is 120 Å². The maximum Gasteiger partial charge on any atom is 0.408 e. The summed E-state index contributed by atoms with van der Waals surface area (Å²) in [6.07, 6.45) is -5.93. The Hall–Kier alpha value is -1.36. The van der Waals surface area contributed by atoms with E-state index in [9.17, 15) is 25.2 Å². The van der Waals surface area contributed by atoms with E-state index in [1.54, 1.807) is 0 Å². The fourth-order valence-corrected chi connectivity index (χ4v) is 4.53. The van der Waals surface area contributed by atoms with Gasteiger partial charge in [-0.25, -0.2) is 4.79 Å². The van der Waals surface area contributed by atoms with Crippen LogP contribution in [0.25, 0.3) is 0 Å². The first-order valence-corrected chi connectivity index (χ1v) is 10.7. The highest BCUT2D eigenvalue weighted by Crippen LogP contribution is 2.27. The SMILES string of the molecule is CO[C@H]1O[C@H](CSCCC(C)(C)N(Cc2ccccc2)C(=O)O)[C@@H](O)[C@H](O)[C@H]1O. The van der Waals surface area contributed by atoms with Crippen LogP contribution in [0.3, 0.4) is 0 Å². The van der Waals surface area contributed by atoms with E-state index in [2.05, 4.69) is 0 Å². The predicted octanol–water partition coefficient (Wildman–Crippen LogP) is 1.52. The van der Waals surface area contributed by atoms with Gasteiger partial charge in [0.05, 0.1) is 6.10 Å². The molecule has 0 saturated carbocycles. The van der Waals surface area contributed by atoms with Crippen LogP contribution in [0, 0.1) is 0 Å². The molecule has 1 aliphatic heterocycles. The molecule has 5 atom stereocenters. The van der Waals surface area contributed by atoms with Crippen LogP contribution in [0.2, 0.25) is 0 Å². The van der Waals surface area contributed by atoms with Gasteiger partial charge in [0.25, 0.3) is 0 Å². The Kier molecular flexibility index (Phi) is 8.74. The molecular weight excluding hydrogens is 398 g/mol. The summed E-state index contributed by atoms with van der Waals surface area (Å²) in [6, 6.07) is 9.45. The Labute approximate surface area is 175 Å². The summed E-state index contributed by atoms with van der Waals surface area (Å²) in [7, 11) is 1.36. The molecule has 0 aliphatic carbocycles. The lowest BCUT2D eigenvalue weighted by Crippen LogP contribution is -2.58. The fraction of sp³-hybridized carbons (Fsp3) is 0.650. The van der Waals surface area contributed by atoms with Crippen molar-refractivity contribution in [1.29, 1.82) is 0 Å². The third-order valence-corrected chi connectivity index (χ3v) is 6.24. The standard InChI is InChI=1S/C20H31NO7S/c1-20(2,21(19(25)26)11-13-7-5-4-6-8-13)9-10-29-12-14-15(22)16(23)17(24)18(27-3)28-14/h4-8,14-18,22-24H,9-12H2,1-3H3,(H,25,26)/t14-,15-,16+,17-,18+/m1/s1. The predicted molar refractivity (Wildman–Crippen MR) is 110 cm³/mol. The van der Waals surface area contributed by atoms with Gasteiger partial charge in [-0.3, -0.25) is 4.90 Å². The molecule has 0 radical (unpaired) electrons. The molecule has 2 rings (SSSR count). The summed E-state index contributed by atoms with van der Waals surface area (Å²) in [5.74, 6) is 1.01. The molecule has 0 spiro atoms. The summed E-state index contributed by atoms with van der Waals surface area (Å²) in [5, 5.41) is 39.5. The molecule has 29 heavy (non-hydrogen) atoms. The van der Waals surface area contributed by atoms with Crippen molar-refractivity contribution in [3.8, 4) is 0 Å². The molecule has 9 heteroatoms. The molecule has 1 amide bonds. The average molecular weight is 430 g/mol. The van der Waals surface area contributed by atoms with E-state index in [1.807, 2.05) is 44.2 Å². The minimum Gasteiger partial charge on any atom is -0.465 e. The van der Waals surface area contributed by atoms with Crippen LogP contribution in [0.5, 0.6) is 0 Å². The zero-order valence-electron chi connectivity index (χ0n) is 17.0. The van der Waals surface area contributed by atoms with Gasteiger partial charge in [0.15, 0.2) is 6.29 Å².